The fourth-order valence-electron chi connectivity index (χ4n) is 6.30. The summed E-state index contributed by atoms with van der Waals surface area (Å²) in [6, 6.07) is 19.4. The third-order valence-electron chi connectivity index (χ3n) is 7.89. The zero-order valence-corrected chi connectivity index (χ0v) is 22.5. The average Bonchev–Trinajstić information content (AvgIpc) is 3.20. The summed E-state index contributed by atoms with van der Waals surface area (Å²) in [6.07, 6.45) is -0.610. The molecule has 7 rings (SSSR count). The van der Waals surface area contributed by atoms with Crippen molar-refractivity contribution in [1.29, 1.82) is 0 Å². The summed E-state index contributed by atoms with van der Waals surface area (Å²) in [5.74, 6) is -5.47. The van der Waals surface area contributed by atoms with Gasteiger partial charge in [-0.1, -0.05) is 72.3 Å². The molecule has 1 fully saturated rings. The van der Waals surface area contributed by atoms with Crippen molar-refractivity contribution in [3.63, 3.8) is 0 Å². The smallest absolute Gasteiger partial charge is 0.330 e. The second-order valence-electron chi connectivity index (χ2n) is 9.94. The highest BCUT2D eigenvalue weighted by Gasteiger charge is 2.73. The largest absolute Gasteiger partial charge is 0.459 e. The summed E-state index contributed by atoms with van der Waals surface area (Å²) < 4.78 is 5.43. The Labute approximate surface area is 238 Å². The highest BCUT2D eigenvalue weighted by molar-refractivity contribution is 6.36. The molecule has 3 aromatic carbocycles. The molecule has 3 aromatic rings. The van der Waals surface area contributed by atoms with E-state index in [0.29, 0.717) is 32.8 Å². The zero-order valence-electron chi connectivity index (χ0n) is 20.3. The Bertz CT molecular complexity index is 1430. The second-order valence-corrected chi connectivity index (χ2v) is 11.6. The molecule has 10 heteroatoms. The van der Waals surface area contributed by atoms with E-state index in [1.807, 2.05) is 0 Å². The minimum absolute atomic E-state index is 0.163. The topological polar surface area (TPSA) is 107 Å². The Kier molecular flexibility index (Phi) is 6.02. The quantitative estimate of drug-likeness (QED) is 0.266. The Morgan fingerprint density at radius 2 is 1.26 bits per heavy atom. The van der Waals surface area contributed by atoms with Gasteiger partial charge in [0, 0.05) is 5.02 Å². The Morgan fingerprint density at radius 1 is 0.821 bits per heavy atom. The van der Waals surface area contributed by atoms with Crippen molar-refractivity contribution in [3.8, 4) is 0 Å². The predicted octanol–water partition coefficient (Wildman–Crippen LogP) is 4.22. The lowest BCUT2D eigenvalue weighted by Crippen LogP contribution is -2.57. The zero-order chi connectivity index (χ0) is 27.7. The van der Waals surface area contributed by atoms with Crippen LogP contribution in [0, 0.1) is 11.8 Å². The maximum absolute atomic E-state index is 14.1. The van der Waals surface area contributed by atoms with E-state index in [1.54, 1.807) is 72.8 Å². The normalized spacial score (nSPS) is 27.0. The van der Waals surface area contributed by atoms with Crippen molar-refractivity contribution in [2.75, 3.05) is 0 Å². The van der Waals surface area contributed by atoms with Gasteiger partial charge in [0.15, 0.2) is 0 Å². The maximum atomic E-state index is 14.1. The molecular weight excluding hydrogens is 563 g/mol. The summed E-state index contributed by atoms with van der Waals surface area (Å²) in [5, 5.41) is 0.508. The van der Waals surface area contributed by atoms with Crippen LogP contribution in [0.25, 0.3) is 0 Å². The molecule has 4 aliphatic rings. The number of nitrogens with zero attached hydrogens (tertiary/aromatic N) is 1. The Balaban J connectivity index is 1.42. The Hall–Kier alpha value is -3.39. The lowest BCUT2D eigenvalue weighted by Gasteiger charge is -2.54. The molecule has 2 N–H and O–H groups in total. The van der Waals surface area contributed by atoms with Gasteiger partial charge in [-0.3, -0.25) is 19.3 Å². The molecule has 0 spiro atoms. The molecule has 0 saturated carbocycles. The van der Waals surface area contributed by atoms with Crippen LogP contribution < -0.4 is 5.73 Å². The van der Waals surface area contributed by atoms with E-state index >= 15 is 0 Å². The molecule has 198 valence electrons. The molecule has 3 aliphatic carbocycles. The van der Waals surface area contributed by atoms with Gasteiger partial charge in [0.1, 0.15) is 22.4 Å². The van der Waals surface area contributed by atoms with Gasteiger partial charge in [-0.2, -0.15) is 0 Å². The van der Waals surface area contributed by atoms with Crippen molar-refractivity contribution in [2.24, 2.45) is 17.6 Å². The molecule has 0 unspecified atom stereocenters. The van der Waals surface area contributed by atoms with Crippen LogP contribution in [-0.4, -0.2) is 34.6 Å². The number of hydrogen-bond donors (Lipinski definition) is 1. The van der Waals surface area contributed by atoms with Gasteiger partial charge in [-0.05, 0) is 39.9 Å². The number of hydrogen-bond acceptors (Lipinski definition) is 5. The fourth-order valence-corrected chi connectivity index (χ4v) is 7.52. The first kappa shape index (κ1) is 25.9. The summed E-state index contributed by atoms with van der Waals surface area (Å²) in [7, 11) is 0. The van der Waals surface area contributed by atoms with Crippen LogP contribution in [-0.2, 0) is 40.3 Å². The van der Waals surface area contributed by atoms with Gasteiger partial charge in [-0.25, -0.2) is 4.79 Å². The monoisotopic (exact) mass is 582 g/mol. The number of rotatable bonds is 6. The van der Waals surface area contributed by atoms with Gasteiger partial charge in [-0.15, -0.1) is 23.2 Å². The molecular formula is C29H21Cl3N2O5. The number of alkyl halides is 2. The molecule has 7 nitrogen and oxygen atoms in total. The van der Waals surface area contributed by atoms with Crippen LogP contribution in [0.3, 0.4) is 0 Å². The van der Waals surface area contributed by atoms with Crippen molar-refractivity contribution < 1.29 is 23.9 Å². The predicted molar refractivity (Wildman–Crippen MR) is 144 cm³/mol. The summed E-state index contributed by atoms with van der Waals surface area (Å²) in [6.45, 7) is -0.163. The van der Waals surface area contributed by atoms with Gasteiger partial charge < -0.3 is 10.5 Å². The summed E-state index contributed by atoms with van der Waals surface area (Å²) in [5.41, 5.74) is 8.59. The van der Waals surface area contributed by atoms with Crippen molar-refractivity contribution >= 4 is 58.5 Å². The van der Waals surface area contributed by atoms with Crippen molar-refractivity contribution in [2.45, 2.75) is 28.8 Å². The number of ether oxygens (including phenoxy) is 1. The van der Waals surface area contributed by atoms with E-state index in [9.17, 15) is 19.2 Å². The van der Waals surface area contributed by atoms with Crippen LogP contribution in [0.2, 0.25) is 5.02 Å². The first-order chi connectivity index (χ1) is 18.6. The number of esters is 1. The summed E-state index contributed by atoms with van der Waals surface area (Å²) >= 11 is 20.7. The van der Waals surface area contributed by atoms with Gasteiger partial charge in [0.25, 0.3) is 0 Å². The second kappa shape index (κ2) is 9.08. The molecule has 0 aromatic heterocycles. The number of nitrogens with two attached hydrogens (primary N) is 1. The van der Waals surface area contributed by atoms with E-state index in [1.165, 1.54) is 0 Å². The number of benzene rings is 3. The third-order valence-corrected chi connectivity index (χ3v) is 9.43. The van der Waals surface area contributed by atoms with Gasteiger partial charge >= 0.3 is 5.97 Å². The van der Waals surface area contributed by atoms with Gasteiger partial charge in [0.2, 0.25) is 17.7 Å². The number of carbonyl (C=O) groups excluding carboxylic acids is 4. The van der Waals surface area contributed by atoms with Crippen LogP contribution >= 0.6 is 34.8 Å². The number of halogens is 3. The lowest BCUT2D eigenvalue weighted by molar-refractivity contribution is -0.160. The van der Waals surface area contributed by atoms with E-state index in [0.717, 1.165) is 4.90 Å². The molecule has 39 heavy (non-hydrogen) atoms. The van der Waals surface area contributed by atoms with Crippen LogP contribution in [0.15, 0.2) is 72.8 Å². The van der Waals surface area contributed by atoms with E-state index < -0.39 is 57.7 Å². The highest BCUT2D eigenvalue weighted by atomic mass is 35.5. The minimum Gasteiger partial charge on any atom is -0.459 e. The van der Waals surface area contributed by atoms with Crippen LogP contribution in [0.1, 0.15) is 34.2 Å². The number of carbonyl (C=O) groups is 4. The number of imide groups is 1. The highest BCUT2D eigenvalue weighted by Crippen LogP contribution is 2.69. The molecule has 1 heterocycles. The number of amides is 3. The van der Waals surface area contributed by atoms with Crippen LogP contribution in [0.5, 0.6) is 0 Å². The molecule has 3 amide bonds. The van der Waals surface area contributed by atoms with E-state index in [4.69, 9.17) is 45.3 Å². The standard InChI is InChI=1S/C29H21Cl3N2O5/c30-16-11-9-15(10-12-16)14-39-27(38)21(13-22(33)35)34-25(36)23-24(26(34)37)29(32)18-6-2-1-5-17(18)28(23,31)19-7-3-4-8-20(19)29/h1-12,21,23-24H,13-14H2,(H2,33,35)/t21-,23+,24+,28?,29?/m1/s1. The SMILES string of the molecule is NC(=O)C[C@H](C(=O)OCc1ccc(Cl)cc1)N1C(=O)[C@@H]2[C@@H](C1=O)C1(Cl)c3ccccc3C2(Cl)c2ccccc21. The first-order valence-corrected chi connectivity index (χ1v) is 13.4. The summed E-state index contributed by atoms with van der Waals surface area (Å²) in [4.78, 5) is 51.6. The molecule has 3 atom stereocenters. The fraction of sp³-hybridized carbons (Fsp3) is 0.241. The number of likely N-dealkylation sites (tertiary alicyclic amines) is 1. The molecule has 2 bridgehead atoms. The van der Waals surface area contributed by atoms with Gasteiger partial charge in [0.05, 0.1) is 18.3 Å². The minimum atomic E-state index is -1.58. The average molecular weight is 584 g/mol. The molecule has 1 aliphatic heterocycles. The lowest BCUT2D eigenvalue weighted by atomic mass is 9.54. The Morgan fingerprint density at radius 3 is 1.67 bits per heavy atom. The molecule has 0 radical (unpaired) electrons. The maximum Gasteiger partial charge on any atom is 0.330 e. The van der Waals surface area contributed by atoms with Crippen LogP contribution in [0.4, 0.5) is 0 Å². The van der Waals surface area contributed by atoms with E-state index in [2.05, 4.69) is 0 Å². The third kappa shape index (κ3) is 3.56. The van der Waals surface area contributed by atoms with Crippen molar-refractivity contribution in [1.82, 2.24) is 4.90 Å². The first-order valence-electron chi connectivity index (χ1n) is 12.2. The van der Waals surface area contributed by atoms with Crippen molar-refractivity contribution in [3.05, 3.63) is 106 Å². The van der Waals surface area contributed by atoms with E-state index in [-0.39, 0.29) is 6.61 Å². The molecule has 1 saturated heterocycles. The number of primary amides is 1.